The van der Waals surface area contributed by atoms with Crippen molar-refractivity contribution in [2.45, 2.75) is 31.8 Å². The average Bonchev–Trinajstić information content (AvgIpc) is 2.83. The van der Waals surface area contributed by atoms with Gasteiger partial charge in [0.15, 0.2) is 15.8 Å². The maximum atomic E-state index is 11.5. The Balaban J connectivity index is 1.83. The van der Waals surface area contributed by atoms with Gasteiger partial charge in [-0.3, -0.25) is 9.89 Å². The Kier molecular flexibility index (Phi) is 5.68. The minimum Gasteiger partial charge on any atom is -0.379 e. The minimum atomic E-state index is -2.88. The van der Waals surface area contributed by atoms with Crippen molar-refractivity contribution in [1.29, 1.82) is 0 Å². The third kappa shape index (κ3) is 4.82. The largest absolute Gasteiger partial charge is 0.379 e. The molecule has 0 aromatic carbocycles. The van der Waals surface area contributed by atoms with Crippen LogP contribution in [0.1, 0.15) is 20.3 Å². The molecule has 0 aromatic rings. The summed E-state index contributed by atoms with van der Waals surface area (Å²) in [5.41, 5.74) is -0.0108. The first kappa shape index (κ1) is 17.5. The summed E-state index contributed by atoms with van der Waals surface area (Å²) in [6.45, 7) is 8.54. The summed E-state index contributed by atoms with van der Waals surface area (Å²) in [5.74, 6) is 1.13. The fourth-order valence-corrected chi connectivity index (χ4v) is 4.55. The molecule has 0 bridgehead atoms. The summed E-state index contributed by atoms with van der Waals surface area (Å²) < 4.78 is 28.4. The van der Waals surface area contributed by atoms with Gasteiger partial charge in [-0.05, 0) is 20.3 Å². The Bertz CT molecular complexity index is 498. The van der Waals surface area contributed by atoms with E-state index in [9.17, 15) is 8.42 Å². The predicted octanol–water partition coefficient (Wildman–Crippen LogP) is -0.551. The Morgan fingerprint density at radius 2 is 2.05 bits per heavy atom. The van der Waals surface area contributed by atoms with Gasteiger partial charge < -0.3 is 15.4 Å². The van der Waals surface area contributed by atoms with Crippen LogP contribution in [0.3, 0.4) is 0 Å². The summed E-state index contributed by atoms with van der Waals surface area (Å²) in [6.07, 6.45) is 0.649. The third-order valence-corrected chi connectivity index (χ3v) is 6.12. The maximum Gasteiger partial charge on any atom is 0.191 e. The summed E-state index contributed by atoms with van der Waals surface area (Å²) in [7, 11) is -1.17. The van der Waals surface area contributed by atoms with Gasteiger partial charge in [0.05, 0.1) is 24.7 Å². The second-order valence-electron chi connectivity index (χ2n) is 6.58. The maximum absolute atomic E-state index is 11.5. The van der Waals surface area contributed by atoms with Gasteiger partial charge in [-0.25, -0.2) is 8.42 Å². The molecule has 7 nitrogen and oxygen atoms in total. The van der Waals surface area contributed by atoms with E-state index in [1.54, 1.807) is 7.05 Å². The number of hydrogen-bond acceptors (Lipinski definition) is 5. The Morgan fingerprint density at radius 1 is 1.36 bits per heavy atom. The van der Waals surface area contributed by atoms with E-state index in [1.807, 2.05) is 0 Å². The van der Waals surface area contributed by atoms with Crippen LogP contribution in [0.2, 0.25) is 0 Å². The van der Waals surface area contributed by atoms with Gasteiger partial charge in [0.25, 0.3) is 0 Å². The van der Waals surface area contributed by atoms with E-state index in [1.165, 1.54) is 0 Å². The summed E-state index contributed by atoms with van der Waals surface area (Å²) in [5, 5.41) is 6.54. The number of nitrogens with zero attached hydrogens (tertiary/aromatic N) is 2. The predicted molar refractivity (Wildman–Crippen MR) is 88.0 cm³/mol. The zero-order valence-corrected chi connectivity index (χ0v) is 14.6. The Hall–Kier alpha value is -0.860. The lowest BCUT2D eigenvalue weighted by Crippen LogP contribution is -2.57. The van der Waals surface area contributed by atoms with Gasteiger partial charge in [-0.1, -0.05) is 0 Å². The molecule has 2 aliphatic rings. The van der Waals surface area contributed by atoms with Gasteiger partial charge in [-0.15, -0.1) is 0 Å². The molecule has 0 radical (unpaired) electrons. The summed E-state index contributed by atoms with van der Waals surface area (Å²) >= 11 is 0. The number of hydrogen-bond donors (Lipinski definition) is 2. The van der Waals surface area contributed by atoms with Crippen LogP contribution in [0.4, 0.5) is 0 Å². The number of nitrogens with one attached hydrogen (secondary N) is 2. The zero-order chi connectivity index (χ0) is 16.2. The molecule has 1 unspecified atom stereocenters. The number of rotatable bonds is 4. The summed E-state index contributed by atoms with van der Waals surface area (Å²) in [4.78, 5) is 6.60. The van der Waals surface area contributed by atoms with Crippen molar-refractivity contribution >= 4 is 15.8 Å². The van der Waals surface area contributed by atoms with E-state index in [4.69, 9.17) is 4.74 Å². The molecule has 0 spiro atoms. The lowest BCUT2D eigenvalue weighted by molar-refractivity contribution is -0.00834. The van der Waals surface area contributed by atoms with E-state index < -0.39 is 9.84 Å². The number of sulfone groups is 1. The topological polar surface area (TPSA) is 83.0 Å². The molecular weight excluding hydrogens is 304 g/mol. The van der Waals surface area contributed by atoms with Crippen molar-refractivity contribution < 1.29 is 13.2 Å². The highest BCUT2D eigenvalue weighted by atomic mass is 32.2. The lowest BCUT2D eigenvalue weighted by atomic mass is 10.0. The highest BCUT2D eigenvalue weighted by molar-refractivity contribution is 7.91. The molecule has 2 aliphatic heterocycles. The van der Waals surface area contributed by atoms with Gasteiger partial charge in [-0.2, -0.15) is 0 Å². The van der Waals surface area contributed by atoms with Crippen LogP contribution in [-0.4, -0.2) is 82.3 Å². The summed E-state index contributed by atoms with van der Waals surface area (Å²) in [6, 6.07) is -0.0392. The molecule has 2 fully saturated rings. The van der Waals surface area contributed by atoms with E-state index in [0.29, 0.717) is 12.4 Å². The zero-order valence-electron chi connectivity index (χ0n) is 13.8. The molecule has 0 aliphatic carbocycles. The Morgan fingerprint density at radius 3 is 2.59 bits per heavy atom. The van der Waals surface area contributed by atoms with Crippen molar-refractivity contribution in [2.24, 2.45) is 4.99 Å². The highest BCUT2D eigenvalue weighted by Gasteiger charge is 2.30. The first-order valence-corrected chi connectivity index (χ1v) is 9.65. The molecule has 2 rings (SSSR count). The van der Waals surface area contributed by atoms with Crippen LogP contribution < -0.4 is 10.6 Å². The average molecular weight is 332 g/mol. The van der Waals surface area contributed by atoms with Crippen LogP contribution in [-0.2, 0) is 14.6 Å². The molecule has 2 saturated heterocycles. The van der Waals surface area contributed by atoms with E-state index in [0.717, 1.165) is 32.8 Å². The number of aliphatic imine (C=N–C) groups is 1. The SMILES string of the molecule is CN=C(NCC(C)(C)N1CCOCC1)NC1CCS(=O)(=O)C1. The molecule has 128 valence electrons. The minimum absolute atomic E-state index is 0.0108. The number of guanidine groups is 1. The molecule has 0 aromatic heterocycles. The first-order chi connectivity index (χ1) is 10.3. The van der Waals surface area contributed by atoms with Gasteiger partial charge >= 0.3 is 0 Å². The third-order valence-electron chi connectivity index (χ3n) is 4.35. The number of morpholine rings is 1. The van der Waals surface area contributed by atoms with E-state index in [2.05, 4.69) is 34.4 Å². The van der Waals surface area contributed by atoms with Gasteiger partial charge in [0, 0.05) is 38.3 Å². The van der Waals surface area contributed by atoms with Crippen LogP contribution in [0.15, 0.2) is 4.99 Å². The molecule has 0 amide bonds. The highest BCUT2D eigenvalue weighted by Crippen LogP contribution is 2.15. The first-order valence-electron chi connectivity index (χ1n) is 7.83. The smallest absolute Gasteiger partial charge is 0.191 e. The fraction of sp³-hybridized carbons (Fsp3) is 0.929. The second kappa shape index (κ2) is 7.14. The molecule has 2 heterocycles. The second-order valence-corrected chi connectivity index (χ2v) is 8.81. The Labute approximate surface area is 133 Å². The quantitative estimate of drug-likeness (QED) is 0.531. The normalized spacial score (nSPS) is 26.9. The lowest BCUT2D eigenvalue weighted by Gasteiger charge is -2.41. The van der Waals surface area contributed by atoms with Gasteiger partial charge in [0.1, 0.15) is 0 Å². The van der Waals surface area contributed by atoms with Gasteiger partial charge in [0.2, 0.25) is 0 Å². The van der Waals surface area contributed by atoms with Crippen LogP contribution in [0.25, 0.3) is 0 Å². The van der Waals surface area contributed by atoms with Crippen LogP contribution in [0, 0.1) is 0 Å². The van der Waals surface area contributed by atoms with Crippen molar-refractivity contribution in [2.75, 3.05) is 51.4 Å². The van der Waals surface area contributed by atoms with Crippen LogP contribution in [0.5, 0.6) is 0 Å². The van der Waals surface area contributed by atoms with E-state index >= 15 is 0 Å². The molecule has 1 atom stereocenters. The van der Waals surface area contributed by atoms with Crippen LogP contribution >= 0.6 is 0 Å². The van der Waals surface area contributed by atoms with Crippen molar-refractivity contribution in [3.05, 3.63) is 0 Å². The van der Waals surface area contributed by atoms with Crippen molar-refractivity contribution in [1.82, 2.24) is 15.5 Å². The molecule has 0 saturated carbocycles. The monoisotopic (exact) mass is 332 g/mol. The number of ether oxygens (including phenoxy) is 1. The van der Waals surface area contributed by atoms with Crippen molar-refractivity contribution in [3.8, 4) is 0 Å². The molecule has 8 heteroatoms. The molecule has 22 heavy (non-hydrogen) atoms. The molecular formula is C14H28N4O3S. The fourth-order valence-electron chi connectivity index (χ4n) is 2.88. The molecule has 2 N–H and O–H groups in total. The van der Waals surface area contributed by atoms with E-state index in [-0.39, 0.29) is 23.1 Å². The van der Waals surface area contributed by atoms with Crippen molar-refractivity contribution in [3.63, 3.8) is 0 Å². The standard InChI is InChI=1S/C14H28N4O3S/c1-14(2,18-5-7-21-8-6-18)11-16-13(15-3)17-12-4-9-22(19,20)10-12/h12H,4-11H2,1-3H3,(H2,15,16,17).